The zero-order chi connectivity index (χ0) is 23.1. The maximum absolute atomic E-state index is 5.63. The molecule has 0 amide bonds. The van der Waals surface area contributed by atoms with E-state index in [0.717, 1.165) is 61.1 Å². The standard InChI is InChI=1S/C27H22N6O/c1-17-16-34-26-4-3-19(8-23(17)26)24-9-22(10-25-27(24)30-6-5-29-25)31-12-18-7-20(13-28-11-18)21-14-32-33(2)15-21/h3-11,13-16,31H,12H2,1-2H3. The van der Waals surface area contributed by atoms with Gasteiger partial charge >= 0.3 is 0 Å². The topological polar surface area (TPSA) is 81.7 Å². The van der Waals surface area contributed by atoms with Crippen molar-refractivity contribution >= 4 is 27.7 Å². The van der Waals surface area contributed by atoms with Crippen LogP contribution in [0.4, 0.5) is 5.69 Å². The zero-order valence-electron chi connectivity index (χ0n) is 18.9. The molecule has 0 aliphatic heterocycles. The Labute approximate surface area is 196 Å². The molecule has 0 unspecified atom stereocenters. The van der Waals surface area contributed by atoms with Gasteiger partial charge in [0.25, 0.3) is 0 Å². The van der Waals surface area contributed by atoms with E-state index in [4.69, 9.17) is 4.42 Å². The number of rotatable bonds is 5. The van der Waals surface area contributed by atoms with Crippen molar-refractivity contribution in [2.24, 2.45) is 7.05 Å². The molecule has 6 rings (SSSR count). The molecule has 7 nitrogen and oxygen atoms in total. The molecule has 6 aromatic rings. The van der Waals surface area contributed by atoms with Crippen molar-refractivity contribution in [3.05, 3.63) is 91.0 Å². The number of pyridine rings is 1. The number of nitrogens with zero attached hydrogens (tertiary/aromatic N) is 5. The van der Waals surface area contributed by atoms with Crippen molar-refractivity contribution in [2.45, 2.75) is 13.5 Å². The largest absolute Gasteiger partial charge is 0.464 e. The van der Waals surface area contributed by atoms with Crippen LogP contribution in [0.2, 0.25) is 0 Å². The fraction of sp³-hybridized carbons (Fsp3) is 0.111. The van der Waals surface area contributed by atoms with Crippen molar-refractivity contribution < 1.29 is 4.42 Å². The third-order valence-corrected chi connectivity index (χ3v) is 5.98. The summed E-state index contributed by atoms with van der Waals surface area (Å²) in [5.74, 6) is 0. The van der Waals surface area contributed by atoms with Gasteiger partial charge in [0, 0.05) is 72.3 Å². The summed E-state index contributed by atoms with van der Waals surface area (Å²) < 4.78 is 7.42. The second-order valence-electron chi connectivity index (χ2n) is 8.42. The fourth-order valence-corrected chi connectivity index (χ4v) is 4.24. The first-order valence-corrected chi connectivity index (χ1v) is 11.0. The summed E-state index contributed by atoms with van der Waals surface area (Å²) in [7, 11) is 1.91. The number of aryl methyl sites for hydroxylation is 2. The van der Waals surface area contributed by atoms with Gasteiger partial charge in [-0.15, -0.1) is 0 Å². The fourth-order valence-electron chi connectivity index (χ4n) is 4.24. The van der Waals surface area contributed by atoms with Gasteiger partial charge in [-0.2, -0.15) is 5.10 Å². The predicted molar refractivity (Wildman–Crippen MR) is 133 cm³/mol. The number of furan rings is 1. The Morgan fingerprint density at radius 1 is 0.941 bits per heavy atom. The van der Waals surface area contributed by atoms with Crippen molar-refractivity contribution in [1.82, 2.24) is 24.7 Å². The lowest BCUT2D eigenvalue weighted by Gasteiger charge is -2.12. The maximum atomic E-state index is 5.63. The van der Waals surface area contributed by atoms with Crippen LogP contribution in [0.15, 0.2) is 84.3 Å². The lowest BCUT2D eigenvalue weighted by Crippen LogP contribution is -2.01. The van der Waals surface area contributed by atoms with Crippen molar-refractivity contribution in [2.75, 3.05) is 5.32 Å². The lowest BCUT2D eigenvalue weighted by atomic mass is 10.0. The molecular formula is C27H22N6O. The van der Waals surface area contributed by atoms with Crippen LogP contribution >= 0.6 is 0 Å². The van der Waals surface area contributed by atoms with Crippen LogP contribution in [0.25, 0.3) is 44.3 Å². The van der Waals surface area contributed by atoms with Crippen LogP contribution in [0.3, 0.4) is 0 Å². The average Bonchev–Trinajstić information content (AvgIpc) is 3.47. The molecule has 34 heavy (non-hydrogen) atoms. The molecule has 0 saturated carbocycles. The summed E-state index contributed by atoms with van der Waals surface area (Å²) >= 11 is 0. The summed E-state index contributed by atoms with van der Waals surface area (Å²) in [4.78, 5) is 13.6. The van der Waals surface area contributed by atoms with Gasteiger partial charge < -0.3 is 9.73 Å². The molecule has 0 spiro atoms. The Morgan fingerprint density at radius 3 is 2.74 bits per heavy atom. The molecule has 0 aliphatic rings. The molecule has 4 heterocycles. The second kappa shape index (κ2) is 8.12. The van der Waals surface area contributed by atoms with Gasteiger partial charge in [-0.05, 0) is 53.9 Å². The zero-order valence-corrected chi connectivity index (χ0v) is 18.9. The molecule has 4 aromatic heterocycles. The Balaban J connectivity index is 1.35. The number of benzene rings is 2. The minimum atomic E-state index is 0.631. The van der Waals surface area contributed by atoms with Crippen LogP contribution in [-0.2, 0) is 13.6 Å². The highest BCUT2D eigenvalue weighted by atomic mass is 16.3. The smallest absolute Gasteiger partial charge is 0.134 e. The number of aromatic nitrogens is 5. The number of anilines is 1. The Bertz CT molecular complexity index is 1650. The Hall–Kier alpha value is -4.52. The Kier molecular flexibility index (Phi) is 4.80. The van der Waals surface area contributed by atoms with E-state index in [1.165, 1.54) is 0 Å². The van der Waals surface area contributed by atoms with E-state index in [2.05, 4.69) is 56.6 Å². The van der Waals surface area contributed by atoms with Crippen LogP contribution in [0, 0.1) is 6.92 Å². The summed E-state index contributed by atoms with van der Waals surface area (Å²) in [6.45, 7) is 2.69. The molecule has 0 saturated heterocycles. The number of fused-ring (bicyclic) bond motifs is 2. The van der Waals surface area contributed by atoms with Crippen molar-refractivity contribution in [1.29, 1.82) is 0 Å². The minimum absolute atomic E-state index is 0.631. The van der Waals surface area contributed by atoms with Gasteiger partial charge in [0.2, 0.25) is 0 Å². The SMILES string of the molecule is Cc1coc2ccc(-c3cc(NCc4cncc(-c5cnn(C)c5)c4)cc4nccnc34)cc12. The van der Waals surface area contributed by atoms with E-state index in [-0.39, 0.29) is 0 Å². The van der Waals surface area contributed by atoms with E-state index in [0.29, 0.717) is 6.54 Å². The summed E-state index contributed by atoms with van der Waals surface area (Å²) in [6, 6.07) is 12.5. The number of hydrogen-bond donors (Lipinski definition) is 1. The third kappa shape index (κ3) is 3.67. The molecule has 0 radical (unpaired) electrons. The molecular weight excluding hydrogens is 424 g/mol. The first-order chi connectivity index (χ1) is 16.6. The maximum Gasteiger partial charge on any atom is 0.134 e. The molecule has 1 N–H and O–H groups in total. The van der Waals surface area contributed by atoms with Gasteiger partial charge in [-0.25, -0.2) is 0 Å². The Morgan fingerprint density at radius 2 is 1.85 bits per heavy atom. The third-order valence-electron chi connectivity index (χ3n) is 5.98. The quantitative estimate of drug-likeness (QED) is 0.363. The first-order valence-electron chi connectivity index (χ1n) is 11.0. The number of nitrogens with one attached hydrogen (secondary N) is 1. The lowest BCUT2D eigenvalue weighted by molar-refractivity contribution is 0.613. The van der Waals surface area contributed by atoms with E-state index < -0.39 is 0 Å². The van der Waals surface area contributed by atoms with Crippen molar-refractivity contribution in [3.63, 3.8) is 0 Å². The van der Waals surface area contributed by atoms with Crippen LogP contribution in [0.5, 0.6) is 0 Å². The highest BCUT2D eigenvalue weighted by Gasteiger charge is 2.12. The second-order valence-corrected chi connectivity index (χ2v) is 8.42. The predicted octanol–water partition coefficient (Wildman–Crippen LogP) is 5.76. The molecule has 2 aromatic carbocycles. The molecule has 7 heteroatoms. The highest BCUT2D eigenvalue weighted by molar-refractivity contribution is 5.97. The van der Waals surface area contributed by atoms with Gasteiger partial charge in [-0.1, -0.05) is 6.07 Å². The van der Waals surface area contributed by atoms with E-state index >= 15 is 0 Å². The molecule has 0 atom stereocenters. The van der Waals surface area contributed by atoms with Crippen LogP contribution in [-0.4, -0.2) is 24.7 Å². The first kappa shape index (κ1) is 20.1. The van der Waals surface area contributed by atoms with E-state index in [9.17, 15) is 0 Å². The van der Waals surface area contributed by atoms with Gasteiger partial charge in [0.15, 0.2) is 0 Å². The molecule has 166 valence electrons. The molecule has 0 bridgehead atoms. The summed E-state index contributed by atoms with van der Waals surface area (Å²) in [5.41, 5.74) is 9.95. The summed E-state index contributed by atoms with van der Waals surface area (Å²) in [6.07, 6.45) is 12.8. The normalized spacial score (nSPS) is 11.4. The van der Waals surface area contributed by atoms with Crippen LogP contribution < -0.4 is 5.32 Å². The summed E-state index contributed by atoms with van der Waals surface area (Å²) in [5, 5.41) is 8.91. The minimum Gasteiger partial charge on any atom is -0.464 e. The average molecular weight is 447 g/mol. The van der Waals surface area contributed by atoms with E-state index in [1.54, 1.807) is 23.3 Å². The van der Waals surface area contributed by atoms with Gasteiger partial charge in [0.05, 0.1) is 23.5 Å². The monoisotopic (exact) mass is 446 g/mol. The van der Waals surface area contributed by atoms with Crippen molar-refractivity contribution in [3.8, 4) is 22.3 Å². The van der Waals surface area contributed by atoms with E-state index in [1.807, 2.05) is 44.0 Å². The molecule has 0 fully saturated rings. The van der Waals surface area contributed by atoms with Crippen LogP contribution in [0.1, 0.15) is 11.1 Å². The van der Waals surface area contributed by atoms with Gasteiger partial charge in [0.1, 0.15) is 5.58 Å². The number of hydrogen-bond acceptors (Lipinski definition) is 6. The highest BCUT2D eigenvalue weighted by Crippen LogP contribution is 2.33. The van der Waals surface area contributed by atoms with Gasteiger partial charge in [-0.3, -0.25) is 19.6 Å². The molecule has 0 aliphatic carbocycles.